The number of amides is 1. The van der Waals surface area contributed by atoms with Gasteiger partial charge in [-0.2, -0.15) is 13.2 Å². The minimum Gasteiger partial charge on any atom is -0.321 e. The van der Waals surface area contributed by atoms with E-state index in [9.17, 15) is 18.0 Å². The quantitative estimate of drug-likeness (QED) is 0.778. The van der Waals surface area contributed by atoms with Crippen LogP contribution in [0.3, 0.4) is 0 Å². The van der Waals surface area contributed by atoms with Gasteiger partial charge in [-0.3, -0.25) is 4.79 Å². The highest BCUT2D eigenvalue weighted by molar-refractivity contribution is 6.03. The molecule has 0 bridgehead atoms. The normalized spacial score (nSPS) is 11.7. The van der Waals surface area contributed by atoms with Crippen molar-refractivity contribution in [2.45, 2.75) is 13.1 Å². The number of benzene rings is 1. The van der Waals surface area contributed by atoms with Gasteiger partial charge in [0.1, 0.15) is 11.3 Å². The highest BCUT2D eigenvalue weighted by Gasteiger charge is 2.30. The summed E-state index contributed by atoms with van der Waals surface area (Å²) in [7, 11) is 0. The lowest BCUT2D eigenvalue weighted by molar-refractivity contribution is -0.137. The molecule has 0 unspecified atom stereocenters. The lowest BCUT2D eigenvalue weighted by Crippen LogP contribution is -2.13. The van der Waals surface area contributed by atoms with Crippen LogP contribution < -0.4 is 5.32 Å². The van der Waals surface area contributed by atoms with Crippen LogP contribution in [0.5, 0.6) is 0 Å². The van der Waals surface area contributed by atoms with E-state index in [0.717, 1.165) is 17.7 Å². The molecule has 0 saturated heterocycles. The number of imidazole rings is 1. The number of alkyl halides is 3. The van der Waals surface area contributed by atoms with Crippen molar-refractivity contribution in [2.24, 2.45) is 0 Å². The van der Waals surface area contributed by atoms with Crippen LogP contribution >= 0.6 is 0 Å². The zero-order chi connectivity index (χ0) is 16.6. The largest absolute Gasteiger partial charge is 0.416 e. The minimum atomic E-state index is -4.46. The molecule has 0 atom stereocenters. The first-order chi connectivity index (χ1) is 10.8. The Balaban J connectivity index is 1.86. The summed E-state index contributed by atoms with van der Waals surface area (Å²) >= 11 is 0. The number of hydrogen-bond acceptors (Lipinski definition) is 2. The Morgan fingerprint density at radius 3 is 2.74 bits per heavy atom. The third-order valence-electron chi connectivity index (χ3n) is 3.30. The van der Waals surface area contributed by atoms with Crippen LogP contribution in [0.4, 0.5) is 18.9 Å². The van der Waals surface area contributed by atoms with Crippen LogP contribution in [0.2, 0.25) is 0 Å². The lowest BCUT2D eigenvalue weighted by atomic mass is 10.2. The van der Waals surface area contributed by atoms with Crippen LogP contribution in [0.25, 0.3) is 5.65 Å². The van der Waals surface area contributed by atoms with Gasteiger partial charge in [-0.15, -0.1) is 0 Å². The number of nitrogens with one attached hydrogen (secondary N) is 1. The van der Waals surface area contributed by atoms with Gasteiger partial charge in [0.05, 0.1) is 5.56 Å². The SMILES string of the molecule is Cc1ccn2cc(C(=O)Nc3cccc(C(F)(F)F)c3)nc2c1. The van der Waals surface area contributed by atoms with Crippen molar-refractivity contribution in [3.63, 3.8) is 0 Å². The maximum absolute atomic E-state index is 12.7. The molecular formula is C16H12F3N3O. The smallest absolute Gasteiger partial charge is 0.321 e. The molecule has 1 N–H and O–H groups in total. The zero-order valence-electron chi connectivity index (χ0n) is 12.1. The summed E-state index contributed by atoms with van der Waals surface area (Å²) in [6.07, 6.45) is -1.17. The molecule has 7 heteroatoms. The maximum atomic E-state index is 12.7. The Kier molecular flexibility index (Phi) is 3.55. The molecule has 3 rings (SSSR count). The molecule has 3 aromatic rings. The van der Waals surface area contributed by atoms with Crippen molar-refractivity contribution in [1.82, 2.24) is 9.38 Å². The van der Waals surface area contributed by atoms with E-state index in [1.807, 2.05) is 13.0 Å². The van der Waals surface area contributed by atoms with E-state index in [4.69, 9.17) is 0 Å². The van der Waals surface area contributed by atoms with Gasteiger partial charge in [0.15, 0.2) is 0 Å². The number of nitrogens with zero attached hydrogens (tertiary/aromatic N) is 2. The fraction of sp³-hybridized carbons (Fsp3) is 0.125. The average molecular weight is 319 g/mol. The molecule has 0 spiro atoms. The molecule has 23 heavy (non-hydrogen) atoms. The molecule has 0 saturated carbocycles. The average Bonchev–Trinajstić information content (AvgIpc) is 2.90. The molecule has 0 aliphatic rings. The Morgan fingerprint density at radius 1 is 1.22 bits per heavy atom. The van der Waals surface area contributed by atoms with E-state index >= 15 is 0 Å². The van der Waals surface area contributed by atoms with Crippen molar-refractivity contribution in [3.8, 4) is 0 Å². The van der Waals surface area contributed by atoms with Gasteiger partial charge in [-0.25, -0.2) is 4.98 Å². The van der Waals surface area contributed by atoms with Crippen LogP contribution in [0.15, 0.2) is 48.8 Å². The van der Waals surface area contributed by atoms with E-state index in [2.05, 4.69) is 10.3 Å². The number of carbonyl (C=O) groups excluding carboxylic acids is 1. The molecular weight excluding hydrogens is 307 g/mol. The number of aryl methyl sites for hydroxylation is 1. The van der Waals surface area contributed by atoms with Gasteiger partial charge in [0.2, 0.25) is 0 Å². The van der Waals surface area contributed by atoms with E-state index in [1.54, 1.807) is 16.7 Å². The lowest BCUT2D eigenvalue weighted by Gasteiger charge is -2.09. The Morgan fingerprint density at radius 2 is 2.00 bits per heavy atom. The predicted octanol–water partition coefficient (Wildman–Crippen LogP) is 3.91. The van der Waals surface area contributed by atoms with E-state index < -0.39 is 17.6 Å². The van der Waals surface area contributed by atoms with Crippen LogP contribution in [-0.2, 0) is 6.18 Å². The second-order valence-electron chi connectivity index (χ2n) is 5.13. The fourth-order valence-corrected chi connectivity index (χ4v) is 2.16. The zero-order valence-corrected chi connectivity index (χ0v) is 12.1. The molecule has 0 aliphatic heterocycles. The molecule has 4 nitrogen and oxygen atoms in total. The Labute approximate surface area is 129 Å². The summed E-state index contributed by atoms with van der Waals surface area (Å²) in [5, 5.41) is 2.43. The van der Waals surface area contributed by atoms with Gasteiger partial charge < -0.3 is 9.72 Å². The van der Waals surface area contributed by atoms with Crippen molar-refractivity contribution in [3.05, 3.63) is 65.6 Å². The molecule has 118 valence electrons. The second-order valence-corrected chi connectivity index (χ2v) is 5.13. The van der Waals surface area contributed by atoms with Crippen molar-refractivity contribution in [2.75, 3.05) is 5.32 Å². The fourth-order valence-electron chi connectivity index (χ4n) is 2.16. The number of carbonyl (C=O) groups is 1. The summed E-state index contributed by atoms with van der Waals surface area (Å²) in [5.74, 6) is -0.564. The van der Waals surface area contributed by atoms with Crippen LogP contribution in [0, 0.1) is 6.92 Å². The van der Waals surface area contributed by atoms with Gasteiger partial charge in [-0.05, 0) is 42.8 Å². The molecule has 1 amide bonds. The number of rotatable bonds is 2. The molecule has 1 aromatic carbocycles. The van der Waals surface area contributed by atoms with Gasteiger partial charge in [0, 0.05) is 18.1 Å². The molecule has 2 aromatic heterocycles. The summed E-state index contributed by atoms with van der Waals surface area (Å²) in [4.78, 5) is 16.3. The first kappa shape index (κ1) is 15.1. The topological polar surface area (TPSA) is 46.4 Å². The second kappa shape index (κ2) is 5.42. The highest BCUT2D eigenvalue weighted by atomic mass is 19.4. The Bertz CT molecular complexity index is 884. The van der Waals surface area contributed by atoms with Crippen molar-refractivity contribution < 1.29 is 18.0 Å². The number of fused-ring (bicyclic) bond motifs is 1. The maximum Gasteiger partial charge on any atom is 0.416 e. The molecule has 0 fully saturated rings. The number of anilines is 1. The number of aromatic nitrogens is 2. The first-order valence-electron chi connectivity index (χ1n) is 6.77. The van der Waals surface area contributed by atoms with Gasteiger partial charge >= 0.3 is 6.18 Å². The standard InChI is InChI=1S/C16H12F3N3O/c1-10-5-6-22-9-13(21-14(22)7-10)15(23)20-12-4-2-3-11(8-12)16(17,18)19/h2-9H,1H3,(H,20,23). The molecule has 0 radical (unpaired) electrons. The van der Waals surface area contributed by atoms with E-state index in [-0.39, 0.29) is 11.4 Å². The summed E-state index contributed by atoms with van der Waals surface area (Å²) in [6.45, 7) is 1.90. The monoisotopic (exact) mass is 319 g/mol. The predicted molar refractivity (Wildman–Crippen MR) is 79.3 cm³/mol. The van der Waals surface area contributed by atoms with Crippen LogP contribution in [0.1, 0.15) is 21.6 Å². The first-order valence-corrected chi connectivity index (χ1v) is 6.77. The molecule has 2 heterocycles. The number of hydrogen-bond donors (Lipinski definition) is 1. The van der Waals surface area contributed by atoms with E-state index in [1.165, 1.54) is 18.3 Å². The Hall–Kier alpha value is -2.83. The number of halogens is 3. The van der Waals surface area contributed by atoms with Gasteiger partial charge in [-0.1, -0.05) is 6.07 Å². The summed E-state index contributed by atoms with van der Waals surface area (Å²) in [6, 6.07) is 8.14. The van der Waals surface area contributed by atoms with Gasteiger partial charge in [0.25, 0.3) is 5.91 Å². The third-order valence-corrected chi connectivity index (χ3v) is 3.30. The third kappa shape index (κ3) is 3.18. The highest BCUT2D eigenvalue weighted by Crippen LogP contribution is 2.30. The van der Waals surface area contributed by atoms with Crippen molar-refractivity contribution >= 4 is 17.2 Å². The minimum absolute atomic E-state index is 0.0676. The van der Waals surface area contributed by atoms with Crippen LogP contribution in [-0.4, -0.2) is 15.3 Å². The summed E-state index contributed by atoms with van der Waals surface area (Å²) < 4.78 is 39.7. The summed E-state index contributed by atoms with van der Waals surface area (Å²) in [5.41, 5.74) is 0.971. The molecule has 0 aliphatic carbocycles. The van der Waals surface area contributed by atoms with Crippen molar-refractivity contribution in [1.29, 1.82) is 0 Å². The number of pyridine rings is 1. The van der Waals surface area contributed by atoms with E-state index in [0.29, 0.717) is 5.65 Å².